The molecule has 0 amide bonds. The second-order valence-corrected chi connectivity index (χ2v) is 3.79. The van der Waals surface area contributed by atoms with E-state index in [9.17, 15) is 4.79 Å². The molecule has 0 aromatic carbocycles. The van der Waals surface area contributed by atoms with Gasteiger partial charge in [-0.2, -0.15) is 0 Å². The van der Waals surface area contributed by atoms with Gasteiger partial charge in [-0.05, 0) is 43.6 Å². The predicted molar refractivity (Wildman–Crippen MR) is 55.5 cm³/mol. The third-order valence-electron chi connectivity index (χ3n) is 2.88. The third-order valence-corrected chi connectivity index (χ3v) is 2.88. The Morgan fingerprint density at radius 3 is 3.00 bits per heavy atom. The van der Waals surface area contributed by atoms with Crippen molar-refractivity contribution in [2.75, 3.05) is 0 Å². The molecule has 13 heavy (non-hydrogen) atoms. The SMILES string of the molecule is C/C=C/C[C@@H]1C(C=O)=CCC[C@H]1C. The summed E-state index contributed by atoms with van der Waals surface area (Å²) in [4.78, 5) is 10.8. The zero-order valence-corrected chi connectivity index (χ0v) is 8.49. The van der Waals surface area contributed by atoms with Gasteiger partial charge >= 0.3 is 0 Å². The van der Waals surface area contributed by atoms with Crippen LogP contribution in [0.5, 0.6) is 0 Å². The first-order valence-corrected chi connectivity index (χ1v) is 5.06. The van der Waals surface area contributed by atoms with Gasteiger partial charge in [0.25, 0.3) is 0 Å². The lowest BCUT2D eigenvalue weighted by Crippen LogP contribution is -2.18. The smallest absolute Gasteiger partial charge is 0.146 e. The summed E-state index contributed by atoms with van der Waals surface area (Å²) in [5.74, 6) is 1.11. The lowest BCUT2D eigenvalue weighted by Gasteiger charge is -2.26. The highest BCUT2D eigenvalue weighted by Crippen LogP contribution is 2.31. The maximum absolute atomic E-state index is 10.8. The largest absolute Gasteiger partial charge is 0.298 e. The minimum absolute atomic E-state index is 0.461. The van der Waals surface area contributed by atoms with Crippen LogP contribution in [0.15, 0.2) is 23.8 Å². The summed E-state index contributed by atoms with van der Waals surface area (Å²) in [5, 5.41) is 0. The zero-order valence-electron chi connectivity index (χ0n) is 8.49. The Morgan fingerprint density at radius 2 is 2.38 bits per heavy atom. The molecule has 1 nitrogen and oxygen atoms in total. The van der Waals surface area contributed by atoms with Crippen LogP contribution in [-0.2, 0) is 4.79 Å². The van der Waals surface area contributed by atoms with E-state index >= 15 is 0 Å². The summed E-state index contributed by atoms with van der Waals surface area (Å²) in [6.45, 7) is 4.27. The Bertz CT molecular complexity index is 225. The Morgan fingerprint density at radius 1 is 1.62 bits per heavy atom. The Labute approximate surface area is 80.5 Å². The van der Waals surface area contributed by atoms with Crippen LogP contribution in [0.2, 0.25) is 0 Å². The van der Waals surface area contributed by atoms with E-state index in [-0.39, 0.29) is 0 Å². The first-order chi connectivity index (χ1) is 6.29. The number of aldehydes is 1. The Hall–Kier alpha value is -0.850. The highest BCUT2D eigenvalue weighted by atomic mass is 16.1. The summed E-state index contributed by atoms with van der Waals surface area (Å²) in [7, 11) is 0. The van der Waals surface area contributed by atoms with Crippen molar-refractivity contribution >= 4 is 6.29 Å². The molecule has 1 aliphatic rings. The fourth-order valence-electron chi connectivity index (χ4n) is 1.98. The number of carbonyl (C=O) groups excluding carboxylic acids is 1. The van der Waals surface area contributed by atoms with Crippen LogP contribution in [0.4, 0.5) is 0 Å². The van der Waals surface area contributed by atoms with Crippen molar-refractivity contribution in [2.45, 2.75) is 33.1 Å². The van der Waals surface area contributed by atoms with Gasteiger partial charge in [-0.3, -0.25) is 4.79 Å². The van der Waals surface area contributed by atoms with Gasteiger partial charge in [-0.1, -0.05) is 25.2 Å². The fourth-order valence-corrected chi connectivity index (χ4v) is 1.98. The van der Waals surface area contributed by atoms with E-state index in [1.807, 2.05) is 6.92 Å². The summed E-state index contributed by atoms with van der Waals surface area (Å²) in [6, 6.07) is 0. The van der Waals surface area contributed by atoms with Crippen molar-refractivity contribution in [3.8, 4) is 0 Å². The molecule has 1 heteroatoms. The number of rotatable bonds is 3. The molecular weight excluding hydrogens is 160 g/mol. The monoisotopic (exact) mass is 178 g/mol. The molecule has 0 bridgehead atoms. The van der Waals surface area contributed by atoms with Crippen LogP contribution in [-0.4, -0.2) is 6.29 Å². The Balaban J connectivity index is 2.69. The second-order valence-electron chi connectivity index (χ2n) is 3.79. The van der Waals surface area contributed by atoms with E-state index in [2.05, 4.69) is 25.2 Å². The van der Waals surface area contributed by atoms with Crippen molar-refractivity contribution in [1.82, 2.24) is 0 Å². The number of hydrogen-bond donors (Lipinski definition) is 0. The van der Waals surface area contributed by atoms with Crippen LogP contribution in [0.1, 0.15) is 33.1 Å². The van der Waals surface area contributed by atoms with Gasteiger partial charge in [0.05, 0.1) is 0 Å². The highest BCUT2D eigenvalue weighted by molar-refractivity contribution is 5.74. The second kappa shape index (κ2) is 5.00. The molecule has 0 N–H and O–H groups in total. The van der Waals surface area contributed by atoms with Crippen molar-refractivity contribution in [2.24, 2.45) is 11.8 Å². The fraction of sp³-hybridized carbons (Fsp3) is 0.583. The lowest BCUT2D eigenvalue weighted by atomic mass is 9.78. The molecule has 0 heterocycles. The molecule has 0 spiro atoms. The summed E-state index contributed by atoms with van der Waals surface area (Å²) >= 11 is 0. The molecule has 1 rings (SSSR count). The maximum atomic E-state index is 10.8. The quantitative estimate of drug-likeness (QED) is 0.479. The summed E-state index contributed by atoms with van der Waals surface area (Å²) in [6.07, 6.45) is 10.7. The van der Waals surface area contributed by atoms with Gasteiger partial charge in [-0.15, -0.1) is 0 Å². The standard InChI is InChI=1S/C12H18O/c1-3-4-8-12-10(2)6-5-7-11(12)9-13/h3-4,7,9-10,12H,5-6,8H2,1-2H3/b4-3+/t10-,12+/m1/s1. The Kier molecular flexibility index (Phi) is 3.94. The van der Waals surface area contributed by atoms with Crippen LogP contribution in [0.3, 0.4) is 0 Å². The van der Waals surface area contributed by atoms with Crippen molar-refractivity contribution in [3.63, 3.8) is 0 Å². The van der Waals surface area contributed by atoms with Crippen LogP contribution in [0, 0.1) is 11.8 Å². The molecule has 0 radical (unpaired) electrons. The normalized spacial score (nSPS) is 28.9. The van der Waals surface area contributed by atoms with Gasteiger partial charge in [-0.25, -0.2) is 0 Å². The first kappa shape index (κ1) is 10.2. The lowest BCUT2D eigenvalue weighted by molar-refractivity contribution is -0.105. The van der Waals surface area contributed by atoms with Crippen LogP contribution < -0.4 is 0 Å². The van der Waals surface area contributed by atoms with Gasteiger partial charge in [0, 0.05) is 0 Å². The van der Waals surface area contributed by atoms with E-state index in [1.54, 1.807) is 0 Å². The molecule has 0 saturated carbocycles. The molecule has 2 atom stereocenters. The van der Waals surface area contributed by atoms with Crippen LogP contribution >= 0.6 is 0 Å². The van der Waals surface area contributed by atoms with E-state index < -0.39 is 0 Å². The van der Waals surface area contributed by atoms with Gasteiger partial charge in [0.15, 0.2) is 0 Å². The molecule has 0 unspecified atom stereocenters. The molecular formula is C12H18O. The van der Waals surface area contributed by atoms with Crippen molar-refractivity contribution in [3.05, 3.63) is 23.8 Å². The van der Waals surface area contributed by atoms with Crippen molar-refractivity contribution in [1.29, 1.82) is 0 Å². The van der Waals surface area contributed by atoms with Gasteiger partial charge in [0.2, 0.25) is 0 Å². The molecule has 0 saturated heterocycles. The summed E-state index contributed by atoms with van der Waals surface area (Å²) < 4.78 is 0. The average Bonchev–Trinajstić information content (AvgIpc) is 2.15. The molecule has 0 fully saturated rings. The third kappa shape index (κ3) is 2.55. The molecule has 0 aromatic rings. The zero-order chi connectivity index (χ0) is 9.68. The first-order valence-electron chi connectivity index (χ1n) is 5.06. The number of allylic oxidation sites excluding steroid dienone is 4. The minimum atomic E-state index is 0.461. The molecule has 0 aromatic heterocycles. The van der Waals surface area contributed by atoms with Gasteiger partial charge in [0.1, 0.15) is 6.29 Å². The van der Waals surface area contributed by atoms with E-state index in [0.29, 0.717) is 11.8 Å². The molecule has 1 aliphatic carbocycles. The van der Waals surface area contributed by atoms with E-state index in [1.165, 1.54) is 6.42 Å². The highest BCUT2D eigenvalue weighted by Gasteiger charge is 2.22. The van der Waals surface area contributed by atoms with Crippen LogP contribution in [0.25, 0.3) is 0 Å². The number of carbonyl (C=O) groups is 1. The molecule has 0 aliphatic heterocycles. The summed E-state index contributed by atoms with van der Waals surface area (Å²) in [5.41, 5.74) is 1.01. The van der Waals surface area contributed by atoms with E-state index in [4.69, 9.17) is 0 Å². The van der Waals surface area contributed by atoms with Gasteiger partial charge < -0.3 is 0 Å². The topological polar surface area (TPSA) is 17.1 Å². The number of hydrogen-bond acceptors (Lipinski definition) is 1. The van der Waals surface area contributed by atoms with Crippen molar-refractivity contribution < 1.29 is 4.79 Å². The maximum Gasteiger partial charge on any atom is 0.146 e. The minimum Gasteiger partial charge on any atom is -0.298 e. The average molecular weight is 178 g/mol. The predicted octanol–water partition coefficient (Wildman–Crippen LogP) is 3.12. The molecule has 72 valence electrons. The van der Waals surface area contributed by atoms with E-state index in [0.717, 1.165) is 24.7 Å².